The number of imidazole rings is 1. The second kappa shape index (κ2) is 9.60. The van der Waals surface area contributed by atoms with E-state index >= 15 is 0 Å². The largest absolute Gasteiger partial charge is 0.497 e. The van der Waals surface area contributed by atoms with E-state index in [0.717, 1.165) is 59.2 Å². The number of fused-ring (bicyclic) bond motifs is 5. The van der Waals surface area contributed by atoms with Crippen LogP contribution >= 0.6 is 0 Å². The first-order valence-corrected chi connectivity index (χ1v) is 13.6. The molecule has 9 nitrogen and oxygen atoms in total. The molecule has 5 aromatic rings. The molecule has 3 fully saturated rings. The van der Waals surface area contributed by atoms with E-state index in [9.17, 15) is 9.59 Å². The molecule has 0 aliphatic carbocycles. The van der Waals surface area contributed by atoms with Crippen molar-refractivity contribution in [3.8, 4) is 5.75 Å². The van der Waals surface area contributed by atoms with Gasteiger partial charge in [-0.25, -0.2) is 4.98 Å². The fraction of sp³-hybridized carbons (Fsp3) is 0.290. The summed E-state index contributed by atoms with van der Waals surface area (Å²) in [6, 6.07) is 15.3. The van der Waals surface area contributed by atoms with Crippen molar-refractivity contribution in [2.75, 3.05) is 30.8 Å². The molecular formula is C31H30N6O3. The van der Waals surface area contributed by atoms with Crippen LogP contribution in [0.4, 0.5) is 17.3 Å². The highest BCUT2D eigenvalue weighted by atomic mass is 16.5. The van der Waals surface area contributed by atoms with Crippen molar-refractivity contribution >= 4 is 39.3 Å². The number of hydrogen-bond donors (Lipinski definition) is 3. The third kappa shape index (κ3) is 3.96. The summed E-state index contributed by atoms with van der Waals surface area (Å²) in [7, 11) is 1.65. The minimum Gasteiger partial charge on any atom is -0.497 e. The molecule has 3 aliphatic rings. The SMILES string of the molecule is C=CC1CN2CCC1C[C@H]2C(Nc1c(Nc2nc3ccccc3[nH]2)c(=O)c1=O)c1ccnc2ccc(OC)cc12. The van der Waals surface area contributed by atoms with E-state index in [1.165, 1.54) is 0 Å². The maximum absolute atomic E-state index is 13.0. The summed E-state index contributed by atoms with van der Waals surface area (Å²) in [6.07, 6.45) is 5.97. The Morgan fingerprint density at radius 1 is 1.12 bits per heavy atom. The highest BCUT2D eigenvalue weighted by Crippen LogP contribution is 2.44. The summed E-state index contributed by atoms with van der Waals surface area (Å²) in [4.78, 5) is 40.6. The monoisotopic (exact) mass is 534 g/mol. The standard InChI is InChI=1S/C31H30N6O3/c1-3-17-16-37-13-11-18(17)14-25(37)26(20-10-12-32-22-9-8-19(40-2)15-21(20)22)35-27-28(30(39)29(27)38)36-31-33-23-6-4-5-7-24(23)34-31/h3-10,12,15,17-18,25-26,35H,1,11,13-14,16H2,2H3,(H2,33,34,36)/t17?,18?,25-,26?/m0/s1. The van der Waals surface area contributed by atoms with Gasteiger partial charge < -0.3 is 20.4 Å². The maximum atomic E-state index is 13.0. The zero-order valence-electron chi connectivity index (χ0n) is 22.2. The molecule has 0 radical (unpaired) electrons. The third-order valence-corrected chi connectivity index (χ3v) is 8.70. The van der Waals surface area contributed by atoms with E-state index in [1.807, 2.05) is 48.5 Å². The topological polar surface area (TPSA) is 112 Å². The molecule has 5 atom stereocenters. The first kappa shape index (κ1) is 24.5. The van der Waals surface area contributed by atoms with E-state index in [2.05, 4.69) is 43.1 Å². The molecule has 3 aromatic carbocycles. The van der Waals surface area contributed by atoms with E-state index < -0.39 is 10.9 Å². The average molecular weight is 535 g/mol. The molecule has 3 saturated heterocycles. The van der Waals surface area contributed by atoms with Gasteiger partial charge in [0.1, 0.15) is 17.1 Å². The van der Waals surface area contributed by atoms with Gasteiger partial charge >= 0.3 is 0 Å². The molecule has 202 valence electrons. The van der Waals surface area contributed by atoms with Crippen molar-refractivity contribution in [1.82, 2.24) is 19.9 Å². The van der Waals surface area contributed by atoms with Crippen LogP contribution in [0.1, 0.15) is 24.4 Å². The number of ether oxygens (including phenoxy) is 1. The quantitative estimate of drug-likeness (QED) is 0.197. The molecule has 3 aliphatic heterocycles. The van der Waals surface area contributed by atoms with E-state index in [0.29, 0.717) is 17.8 Å². The number of piperidine rings is 3. The lowest BCUT2D eigenvalue weighted by molar-refractivity contribution is 0.0105. The Morgan fingerprint density at radius 2 is 1.98 bits per heavy atom. The van der Waals surface area contributed by atoms with Crippen molar-refractivity contribution in [2.24, 2.45) is 11.8 Å². The second-order valence-electron chi connectivity index (χ2n) is 10.8. The summed E-state index contributed by atoms with van der Waals surface area (Å²) in [5.41, 5.74) is 2.90. The number of nitrogens with zero attached hydrogens (tertiary/aromatic N) is 3. The van der Waals surface area contributed by atoms with Crippen LogP contribution < -0.4 is 26.2 Å². The number of aromatic amines is 1. The van der Waals surface area contributed by atoms with Crippen LogP contribution in [0.25, 0.3) is 21.9 Å². The summed E-state index contributed by atoms with van der Waals surface area (Å²) >= 11 is 0. The number of nitrogens with one attached hydrogen (secondary N) is 3. The van der Waals surface area contributed by atoms with Crippen molar-refractivity contribution in [2.45, 2.75) is 24.9 Å². The Kier molecular flexibility index (Phi) is 5.89. The fourth-order valence-corrected chi connectivity index (χ4v) is 6.58. The lowest BCUT2D eigenvalue weighted by Crippen LogP contribution is -2.56. The van der Waals surface area contributed by atoms with Crippen LogP contribution in [0, 0.1) is 11.8 Å². The summed E-state index contributed by atoms with van der Waals surface area (Å²) in [5, 5.41) is 7.58. The minimum absolute atomic E-state index is 0.121. The Bertz CT molecular complexity index is 1790. The summed E-state index contributed by atoms with van der Waals surface area (Å²) in [6.45, 7) is 5.99. The Morgan fingerprint density at radius 3 is 2.75 bits per heavy atom. The van der Waals surface area contributed by atoms with E-state index in [1.54, 1.807) is 13.3 Å². The first-order chi connectivity index (χ1) is 19.5. The van der Waals surface area contributed by atoms with Crippen molar-refractivity contribution in [1.29, 1.82) is 0 Å². The lowest BCUT2D eigenvalue weighted by Gasteiger charge is -2.52. The highest BCUT2D eigenvalue weighted by molar-refractivity contribution is 5.86. The van der Waals surface area contributed by atoms with Gasteiger partial charge in [0.05, 0.1) is 29.7 Å². The predicted molar refractivity (Wildman–Crippen MR) is 157 cm³/mol. The van der Waals surface area contributed by atoms with Crippen molar-refractivity contribution in [3.63, 3.8) is 0 Å². The molecule has 8 rings (SSSR count). The summed E-state index contributed by atoms with van der Waals surface area (Å²) < 4.78 is 5.54. The van der Waals surface area contributed by atoms with Crippen LogP contribution in [-0.4, -0.2) is 46.1 Å². The van der Waals surface area contributed by atoms with Crippen LogP contribution in [0.15, 0.2) is 77.0 Å². The number of aromatic nitrogens is 3. The average Bonchev–Trinajstić information content (AvgIpc) is 3.43. The van der Waals surface area contributed by atoms with Gasteiger partial charge in [-0.15, -0.1) is 6.58 Å². The number of benzene rings is 2. The van der Waals surface area contributed by atoms with Gasteiger partial charge in [0, 0.05) is 24.2 Å². The molecule has 9 heteroatoms. The number of H-pyrrole nitrogens is 1. The minimum atomic E-state index is -0.555. The zero-order chi connectivity index (χ0) is 27.4. The van der Waals surface area contributed by atoms with Gasteiger partial charge in [-0.3, -0.25) is 19.5 Å². The van der Waals surface area contributed by atoms with Gasteiger partial charge in [-0.2, -0.15) is 0 Å². The van der Waals surface area contributed by atoms with Crippen LogP contribution in [0.3, 0.4) is 0 Å². The number of rotatable bonds is 8. The lowest BCUT2D eigenvalue weighted by atomic mass is 9.73. The fourth-order valence-electron chi connectivity index (χ4n) is 6.58. The molecule has 2 aromatic heterocycles. The molecule has 3 N–H and O–H groups in total. The molecule has 40 heavy (non-hydrogen) atoms. The first-order valence-electron chi connectivity index (χ1n) is 13.6. The van der Waals surface area contributed by atoms with Gasteiger partial charge in [0.25, 0.3) is 10.9 Å². The second-order valence-corrected chi connectivity index (χ2v) is 10.8. The van der Waals surface area contributed by atoms with Gasteiger partial charge in [0.15, 0.2) is 0 Å². The highest BCUT2D eigenvalue weighted by Gasteiger charge is 2.43. The Labute approximate surface area is 230 Å². The molecule has 5 heterocycles. The number of methoxy groups -OCH3 is 1. The normalized spacial score (nSPS) is 22.9. The number of anilines is 3. The van der Waals surface area contributed by atoms with E-state index in [4.69, 9.17) is 4.74 Å². The van der Waals surface area contributed by atoms with Crippen LogP contribution in [0.5, 0.6) is 5.75 Å². The van der Waals surface area contributed by atoms with Crippen LogP contribution in [0.2, 0.25) is 0 Å². The third-order valence-electron chi connectivity index (χ3n) is 8.70. The number of hydrogen-bond acceptors (Lipinski definition) is 8. The maximum Gasteiger partial charge on any atom is 0.253 e. The molecule has 0 saturated carbocycles. The van der Waals surface area contributed by atoms with Crippen molar-refractivity contribution in [3.05, 3.63) is 93.4 Å². The zero-order valence-corrected chi connectivity index (χ0v) is 22.2. The molecule has 0 amide bonds. The summed E-state index contributed by atoms with van der Waals surface area (Å²) in [5.74, 6) is 2.14. The molecular weight excluding hydrogens is 504 g/mol. The predicted octanol–water partition coefficient (Wildman–Crippen LogP) is 4.51. The van der Waals surface area contributed by atoms with Crippen molar-refractivity contribution < 1.29 is 4.74 Å². The van der Waals surface area contributed by atoms with Gasteiger partial charge in [0.2, 0.25) is 5.95 Å². The number of pyridine rings is 1. The molecule has 2 bridgehead atoms. The van der Waals surface area contributed by atoms with Gasteiger partial charge in [-0.1, -0.05) is 18.2 Å². The van der Waals surface area contributed by atoms with Crippen LogP contribution in [-0.2, 0) is 0 Å². The molecule has 4 unspecified atom stereocenters. The van der Waals surface area contributed by atoms with Gasteiger partial charge in [-0.05, 0) is 73.2 Å². The Hall–Kier alpha value is -4.50. The molecule has 0 spiro atoms. The Balaban J connectivity index is 1.30. The smallest absolute Gasteiger partial charge is 0.253 e. The van der Waals surface area contributed by atoms with E-state index in [-0.39, 0.29) is 23.5 Å². The number of para-hydroxylation sites is 2.